The molecule has 0 unspecified atom stereocenters. The summed E-state index contributed by atoms with van der Waals surface area (Å²) in [6.45, 7) is 1.05. The second-order valence-electron chi connectivity index (χ2n) is 4.47. The number of hydrogen-bond acceptors (Lipinski definition) is 7. The molecule has 1 amide bonds. The van der Waals surface area contributed by atoms with Gasteiger partial charge in [-0.1, -0.05) is 6.07 Å². The average Bonchev–Trinajstić information content (AvgIpc) is 2.55. The highest BCUT2D eigenvalue weighted by Crippen LogP contribution is 2.22. The first-order valence-electron chi connectivity index (χ1n) is 6.45. The highest BCUT2D eigenvalue weighted by Gasteiger charge is 2.14. The highest BCUT2D eigenvalue weighted by atomic mass is 16.6. The molecule has 2 aromatic rings. The Labute approximate surface area is 130 Å². The number of ether oxygens (including phenoxy) is 1. The van der Waals surface area contributed by atoms with Gasteiger partial charge in [0.25, 0.3) is 11.6 Å². The third kappa shape index (κ3) is 4.30. The van der Waals surface area contributed by atoms with E-state index in [1.54, 1.807) is 6.92 Å². The molecular weight excluding hydrogens is 304 g/mol. The van der Waals surface area contributed by atoms with Crippen LogP contribution in [0.4, 0.5) is 11.4 Å². The zero-order valence-corrected chi connectivity index (χ0v) is 12.1. The second-order valence-corrected chi connectivity index (χ2v) is 4.47. The van der Waals surface area contributed by atoms with Crippen molar-refractivity contribution in [2.75, 3.05) is 11.9 Å². The Morgan fingerprint density at radius 3 is 2.78 bits per heavy atom. The second kappa shape index (κ2) is 7.07. The number of esters is 1. The minimum absolute atomic E-state index is 0.0220. The Kier molecular flexibility index (Phi) is 4.92. The monoisotopic (exact) mass is 316 g/mol. The van der Waals surface area contributed by atoms with Crippen molar-refractivity contribution in [3.05, 3.63) is 58.2 Å². The molecule has 0 radical (unpaired) electrons. The van der Waals surface area contributed by atoms with E-state index in [1.807, 2.05) is 0 Å². The fraction of sp³-hybridized carbons (Fsp3) is 0.143. The Hall–Kier alpha value is -3.36. The van der Waals surface area contributed by atoms with Gasteiger partial charge in [0.15, 0.2) is 12.3 Å². The Morgan fingerprint density at radius 1 is 1.35 bits per heavy atom. The molecule has 0 atom stereocenters. The van der Waals surface area contributed by atoms with Gasteiger partial charge in [0.2, 0.25) is 0 Å². The maximum atomic E-state index is 11.7. The van der Waals surface area contributed by atoms with E-state index in [4.69, 9.17) is 4.74 Å². The number of nitrogens with one attached hydrogen (secondary N) is 1. The zero-order valence-electron chi connectivity index (χ0n) is 12.1. The standard InChI is InChI=1S/C14H12N4O5/c1-9-2-3-10(6-12(9)18(21)22)17-13(19)8-23-14(20)11-7-15-4-5-16-11/h2-7H,8H2,1H3,(H,17,19). The fourth-order valence-corrected chi connectivity index (χ4v) is 1.69. The SMILES string of the molecule is Cc1ccc(NC(=O)COC(=O)c2cnccn2)cc1[N+](=O)[O-]. The Morgan fingerprint density at radius 2 is 2.13 bits per heavy atom. The summed E-state index contributed by atoms with van der Waals surface area (Å²) in [5.41, 5.74) is 0.579. The zero-order chi connectivity index (χ0) is 16.8. The third-order valence-corrected chi connectivity index (χ3v) is 2.80. The van der Waals surface area contributed by atoms with E-state index in [2.05, 4.69) is 15.3 Å². The summed E-state index contributed by atoms with van der Waals surface area (Å²) >= 11 is 0. The minimum Gasteiger partial charge on any atom is -0.451 e. The molecule has 9 nitrogen and oxygen atoms in total. The molecular formula is C14H12N4O5. The van der Waals surface area contributed by atoms with E-state index in [-0.39, 0.29) is 17.1 Å². The molecule has 118 valence electrons. The van der Waals surface area contributed by atoms with E-state index < -0.39 is 23.4 Å². The van der Waals surface area contributed by atoms with Gasteiger partial charge < -0.3 is 10.1 Å². The topological polar surface area (TPSA) is 124 Å². The van der Waals surface area contributed by atoms with Crippen LogP contribution in [-0.2, 0) is 9.53 Å². The molecule has 0 saturated heterocycles. The van der Waals surface area contributed by atoms with Crippen LogP contribution < -0.4 is 5.32 Å². The first-order chi connectivity index (χ1) is 11.0. The molecule has 0 aliphatic rings. The molecule has 1 aromatic heterocycles. The van der Waals surface area contributed by atoms with E-state index in [0.29, 0.717) is 5.56 Å². The molecule has 23 heavy (non-hydrogen) atoms. The molecule has 1 N–H and O–H groups in total. The van der Waals surface area contributed by atoms with E-state index in [0.717, 1.165) is 0 Å². The number of aryl methyl sites for hydroxylation is 1. The largest absolute Gasteiger partial charge is 0.451 e. The van der Waals surface area contributed by atoms with Gasteiger partial charge in [-0.2, -0.15) is 0 Å². The van der Waals surface area contributed by atoms with Crippen LogP contribution in [0.3, 0.4) is 0 Å². The van der Waals surface area contributed by atoms with Gasteiger partial charge in [0.05, 0.1) is 11.1 Å². The van der Waals surface area contributed by atoms with Gasteiger partial charge in [-0.3, -0.25) is 19.9 Å². The maximum absolute atomic E-state index is 11.7. The molecule has 9 heteroatoms. The molecule has 0 saturated carbocycles. The Bertz CT molecular complexity index is 748. The van der Waals surface area contributed by atoms with Crippen molar-refractivity contribution in [3.8, 4) is 0 Å². The predicted molar refractivity (Wildman–Crippen MR) is 78.8 cm³/mol. The van der Waals surface area contributed by atoms with Crippen molar-refractivity contribution in [3.63, 3.8) is 0 Å². The number of hydrogen-bond donors (Lipinski definition) is 1. The van der Waals surface area contributed by atoms with E-state index in [9.17, 15) is 19.7 Å². The van der Waals surface area contributed by atoms with E-state index >= 15 is 0 Å². The molecule has 2 rings (SSSR count). The number of aromatic nitrogens is 2. The van der Waals surface area contributed by atoms with Gasteiger partial charge >= 0.3 is 5.97 Å². The van der Waals surface area contributed by atoms with Crippen LogP contribution in [0.1, 0.15) is 16.1 Å². The Balaban J connectivity index is 1.94. The van der Waals surface area contributed by atoms with Gasteiger partial charge in [-0.05, 0) is 13.0 Å². The molecule has 0 aliphatic heterocycles. The molecule has 0 spiro atoms. The molecule has 0 bridgehead atoms. The lowest BCUT2D eigenvalue weighted by Gasteiger charge is -2.07. The summed E-state index contributed by atoms with van der Waals surface area (Å²) in [5.74, 6) is -1.41. The number of carbonyl (C=O) groups excluding carboxylic acids is 2. The smallest absolute Gasteiger partial charge is 0.359 e. The van der Waals surface area contributed by atoms with Crippen LogP contribution >= 0.6 is 0 Å². The van der Waals surface area contributed by atoms with Crippen LogP contribution in [0, 0.1) is 17.0 Å². The number of nitro benzene ring substituents is 1. The fourth-order valence-electron chi connectivity index (χ4n) is 1.69. The van der Waals surface area contributed by atoms with Gasteiger partial charge in [-0.25, -0.2) is 9.78 Å². The summed E-state index contributed by atoms with van der Waals surface area (Å²) in [5, 5.41) is 13.3. The van der Waals surface area contributed by atoms with Crippen molar-refractivity contribution >= 4 is 23.3 Å². The van der Waals surface area contributed by atoms with Crippen molar-refractivity contribution in [1.82, 2.24) is 9.97 Å². The van der Waals surface area contributed by atoms with Gasteiger partial charge in [0, 0.05) is 29.7 Å². The first-order valence-corrected chi connectivity index (χ1v) is 6.45. The number of amides is 1. The number of benzene rings is 1. The lowest BCUT2D eigenvalue weighted by molar-refractivity contribution is -0.385. The number of carbonyl (C=O) groups is 2. The lowest BCUT2D eigenvalue weighted by Crippen LogP contribution is -2.21. The van der Waals surface area contributed by atoms with Crippen LogP contribution in [-0.4, -0.2) is 33.4 Å². The summed E-state index contributed by atoms with van der Waals surface area (Å²) in [6, 6.07) is 4.27. The molecule has 0 fully saturated rings. The predicted octanol–water partition coefficient (Wildman–Crippen LogP) is 1.49. The maximum Gasteiger partial charge on any atom is 0.359 e. The normalized spacial score (nSPS) is 9.96. The molecule has 1 aromatic carbocycles. The summed E-state index contributed by atoms with van der Waals surface area (Å²) in [4.78, 5) is 41.1. The number of rotatable bonds is 5. The van der Waals surface area contributed by atoms with Crippen LogP contribution in [0.2, 0.25) is 0 Å². The summed E-state index contributed by atoms with van der Waals surface area (Å²) in [6.07, 6.45) is 3.93. The molecule has 1 heterocycles. The van der Waals surface area contributed by atoms with Crippen LogP contribution in [0.5, 0.6) is 0 Å². The van der Waals surface area contributed by atoms with Gasteiger partial charge in [-0.15, -0.1) is 0 Å². The van der Waals surface area contributed by atoms with Crippen molar-refractivity contribution < 1.29 is 19.2 Å². The van der Waals surface area contributed by atoms with Gasteiger partial charge in [0.1, 0.15) is 0 Å². The third-order valence-electron chi connectivity index (χ3n) is 2.80. The van der Waals surface area contributed by atoms with E-state index in [1.165, 1.54) is 36.8 Å². The highest BCUT2D eigenvalue weighted by molar-refractivity contribution is 5.95. The van der Waals surface area contributed by atoms with Crippen molar-refractivity contribution in [2.24, 2.45) is 0 Å². The number of anilines is 1. The first kappa shape index (κ1) is 16.0. The van der Waals surface area contributed by atoms with Crippen LogP contribution in [0.15, 0.2) is 36.8 Å². The molecule has 0 aliphatic carbocycles. The van der Waals surface area contributed by atoms with Crippen molar-refractivity contribution in [2.45, 2.75) is 6.92 Å². The summed E-state index contributed by atoms with van der Waals surface area (Å²) < 4.78 is 4.78. The summed E-state index contributed by atoms with van der Waals surface area (Å²) in [7, 11) is 0. The quantitative estimate of drug-likeness (QED) is 0.503. The number of nitrogens with zero attached hydrogens (tertiary/aromatic N) is 3. The average molecular weight is 316 g/mol. The minimum atomic E-state index is -0.789. The van der Waals surface area contributed by atoms with Crippen molar-refractivity contribution in [1.29, 1.82) is 0 Å². The van der Waals surface area contributed by atoms with Crippen LogP contribution in [0.25, 0.3) is 0 Å². The number of nitro groups is 1. The lowest BCUT2D eigenvalue weighted by atomic mass is 10.2.